The summed E-state index contributed by atoms with van der Waals surface area (Å²) in [5.74, 6) is 0.409. The summed E-state index contributed by atoms with van der Waals surface area (Å²) in [7, 11) is -3.73. The van der Waals surface area contributed by atoms with E-state index in [0.717, 1.165) is 22.3 Å². The van der Waals surface area contributed by atoms with Crippen LogP contribution in [0.3, 0.4) is 0 Å². The Morgan fingerprint density at radius 1 is 1.11 bits per heavy atom. The van der Waals surface area contributed by atoms with Crippen LogP contribution < -0.4 is 15.2 Å². The van der Waals surface area contributed by atoms with E-state index < -0.39 is 10.0 Å². The van der Waals surface area contributed by atoms with Gasteiger partial charge in [-0.25, -0.2) is 13.6 Å². The van der Waals surface area contributed by atoms with Gasteiger partial charge in [0.2, 0.25) is 10.0 Å². The van der Waals surface area contributed by atoms with Crippen molar-refractivity contribution in [3.63, 3.8) is 0 Å². The zero-order valence-electron chi connectivity index (χ0n) is 14.8. The molecule has 3 aromatic rings. The molecular weight excluding hydrogens is 378 g/mol. The Morgan fingerprint density at radius 3 is 2.64 bits per heavy atom. The monoisotopic (exact) mass is 395 g/mol. The lowest BCUT2D eigenvalue weighted by Gasteiger charge is -2.20. The van der Waals surface area contributed by atoms with E-state index in [2.05, 4.69) is 10.3 Å². The Hall–Kier alpha value is -3.23. The van der Waals surface area contributed by atoms with Crippen molar-refractivity contribution < 1.29 is 17.9 Å². The Bertz CT molecular complexity index is 1160. The summed E-state index contributed by atoms with van der Waals surface area (Å²) in [6.07, 6.45) is 3.51. The van der Waals surface area contributed by atoms with Crippen LogP contribution in [0.25, 0.3) is 11.1 Å². The topological polar surface area (TPSA) is 111 Å². The molecule has 0 saturated carbocycles. The van der Waals surface area contributed by atoms with Gasteiger partial charge in [-0.05, 0) is 47.5 Å². The predicted molar refractivity (Wildman–Crippen MR) is 103 cm³/mol. The van der Waals surface area contributed by atoms with Crippen molar-refractivity contribution >= 4 is 15.9 Å². The Kier molecular flexibility index (Phi) is 4.58. The van der Waals surface area contributed by atoms with Gasteiger partial charge in [0.15, 0.2) is 0 Å². The van der Waals surface area contributed by atoms with Crippen LogP contribution in [-0.4, -0.2) is 19.3 Å². The molecule has 0 fully saturated rings. The predicted octanol–water partition coefficient (Wildman–Crippen LogP) is 2.22. The van der Waals surface area contributed by atoms with Crippen LogP contribution in [-0.2, 0) is 23.2 Å². The number of pyridine rings is 1. The van der Waals surface area contributed by atoms with E-state index in [1.165, 1.54) is 12.1 Å². The van der Waals surface area contributed by atoms with Crippen molar-refractivity contribution in [1.82, 2.24) is 10.3 Å². The van der Waals surface area contributed by atoms with Gasteiger partial charge in [0.1, 0.15) is 12.4 Å². The number of sulfonamides is 1. The lowest BCUT2D eigenvalue weighted by atomic mass is 9.97. The third-order valence-electron chi connectivity index (χ3n) is 4.53. The lowest BCUT2D eigenvalue weighted by molar-refractivity contribution is 0.0950. The first kappa shape index (κ1) is 18.1. The number of fused-ring (bicyclic) bond motifs is 3. The fraction of sp³-hybridized carbons (Fsp3) is 0.100. The highest BCUT2D eigenvalue weighted by molar-refractivity contribution is 7.89. The molecule has 0 unspecified atom stereocenters. The number of rotatable bonds is 4. The van der Waals surface area contributed by atoms with Gasteiger partial charge >= 0.3 is 0 Å². The van der Waals surface area contributed by atoms with Crippen LogP contribution in [0, 0.1) is 0 Å². The van der Waals surface area contributed by atoms with Gasteiger partial charge in [0, 0.05) is 35.6 Å². The first-order valence-electron chi connectivity index (χ1n) is 8.52. The summed E-state index contributed by atoms with van der Waals surface area (Å²) in [5, 5.41) is 7.89. The summed E-state index contributed by atoms with van der Waals surface area (Å²) in [6, 6.07) is 13.3. The summed E-state index contributed by atoms with van der Waals surface area (Å²) in [5.41, 5.74) is 4.24. The molecule has 0 saturated heterocycles. The molecule has 1 amide bonds. The molecule has 1 aliphatic heterocycles. The molecule has 7 nitrogen and oxygen atoms in total. The third kappa shape index (κ3) is 3.60. The molecule has 0 radical (unpaired) electrons. The number of amides is 1. The van der Waals surface area contributed by atoms with Crippen molar-refractivity contribution in [3.05, 3.63) is 77.6 Å². The maximum absolute atomic E-state index is 12.5. The van der Waals surface area contributed by atoms with Gasteiger partial charge in [-0.3, -0.25) is 9.78 Å². The van der Waals surface area contributed by atoms with Gasteiger partial charge in [-0.15, -0.1) is 0 Å². The molecule has 142 valence electrons. The molecule has 2 aromatic carbocycles. The van der Waals surface area contributed by atoms with Crippen LogP contribution in [0.15, 0.2) is 65.8 Å². The van der Waals surface area contributed by atoms with Crippen molar-refractivity contribution in [3.8, 4) is 16.9 Å². The number of carbonyl (C=O) groups is 1. The zero-order valence-corrected chi connectivity index (χ0v) is 15.6. The van der Waals surface area contributed by atoms with Gasteiger partial charge < -0.3 is 10.1 Å². The van der Waals surface area contributed by atoms with E-state index in [0.29, 0.717) is 17.9 Å². The summed E-state index contributed by atoms with van der Waals surface area (Å²) < 4.78 is 28.3. The normalized spacial score (nSPS) is 12.5. The molecule has 1 aliphatic rings. The number of nitrogens with one attached hydrogen (secondary N) is 1. The first-order chi connectivity index (χ1) is 13.4. The molecule has 28 heavy (non-hydrogen) atoms. The number of primary sulfonamides is 1. The highest BCUT2D eigenvalue weighted by Gasteiger charge is 2.19. The number of benzene rings is 2. The molecular formula is C20H17N3O4S. The average Bonchev–Trinajstić information content (AvgIpc) is 2.71. The number of aromatic nitrogens is 1. The molecule has 0 aliphatic carbocycles. The maximum Gasteiger partial charge on any atom is 0.251 e. The lowest BCUT2D eigenvalue weighted by Crippen LogP contribution is -2.23. The minimum atomic E-state index is -3.73. The second kappa shape index (κ2) is 7.06. The van der Waals surface area contributed by atoms with E-state index >= 15 is 0 Å². The maximum atomic E-state index is 12.5. The second-order valence-corrected chi connectivity index (χ2v) is 7.97. The van der Waals surface area contributed by atoms with E-state index in [1.807, 2.05) is 12.1 Å². The number of carbonyl (C=O) groups excluding carboxylic acids is 1. The fourth-order valence-corrected chi connectivity index (χ4v) is 3.56. The molecule has 3 N–H and O–H groups in total. The molecule has 0 spiro atoms. The van der Waals surface area contributed by atoms with Crippen LogP contribution in [0.4, 0.5) is 0 Å². The molecule has 1 aromatic heterocycles. The molecule has 0 bridgehead atoms. The average molecular weight is 395 g/mol. The number of hydrogen-bond donors (Lipinski definition) is 2. The van der Waals surface area contributed by atoms with E-state index in [9.17, 15) is 13.2 Å². The number of nitrogens with two attached hydrogens (primary N) is 1. The largest absolute Gasteiger partial charge is 0.488 e. The highest BCUT2D eigenvalue weighted by Crippen LogP contribution is 2.37. The van der Waals surface area contributed by atoms with E-state index in [1.54, 1.807) is 36.7 Å². The molecule has 4 rings (SSSR count). The minimum Gasteiger partial charge on any atom is -0.488 e. The standard InChI is InChI=1S/C20H17N3O4S/c21-28(25,26)16-4-1-13(2-5-16)10-23-20(24)14-3-6-18-17-7-8-22-11-15(17)12-27-19(18)9-14/h1-9,11H,10,12H2,(H,23,24)(H2,21,25,26). The minimum absolute atomic E-state index is 0.0323. The van der Waals surface area contributed by atoms with E-state index in [4.69, 9.17) is 9.88 Å². The highest BCUT2D eigenvalue weighted by atomic mass is 32.2. The van der Waals surface area contributed by atoms with Gasteiger partial charge in [0.25, 0.3) is 5.91 Å². The third-order valence-corrected chi connectivity index (χ3v) is 5.45. The number of ether oxygens (including phenoxy) is 1. The Balaban J connectivity index is 1.48. The van der Waals surface area contributed by atoms with Crippen molar-refractivity contribution in [2.75, 3.05) is 0 Å². The smallest absolute Gasteiger partial charge is 0.251 e. The van der Waals surface area contributed by atoms with Gasteiger partial charge in [-0.1, -0.05) is 12.1 Å². The van der Waals surface area contributed by atoms with Crippen LogP contribution in [0.1, 0.15) is 21.5 Å². The number of nitrogens with zero attached hydrogens (tertiary/aromatic N) is 1. The quantitative estimate of drug-likeness (QED) is 0.704. The van der Waals surface area contributed by atoms with Gasteiger partial charge in [-0.2, -0.15) is 0 Å². The molecule has 2 heterocycles. The number of hydrogen-bond acceptors (Lipinski definition) is 5. The molecule has 8 heteroatoms. The second-order valence-electron chi connectivity index (χ2n) is 6.40. The molecule has 0 atom stereocenters. The fourth-order valence-electron chi connectivity index (χ4n) is 3.05. The van der Waals surface area contributed by atoms with E-state index in [-0.39, 0.29) is 17.3 Å². The summed E-state index contributed by atoms with van der Waals surface area (Å²) in [4.78, 5) is 16.6. The van der Waals surface area contributed by atoms with Gasteiger partial charge in [0.05, 0.1) is 4.90 Å². The van der Waals surface area contributed by atoms with Crippen LogP contribution >= 0.6 is 0 Å². The Morgan fingerprint density at radius 2 is 1.89 bits per heavy atom. The van der Waals surface area contributed by atoms with Crippen molar-refractivity contribution in [1.29, 1.82) is 0 Å². The SMILES string of the molecule is NS(=O)(=O)c1ccc(CNC(=O)c2ccc3c(c2)OCc2cnccc2-3)cc1. The zero-order chi connectivity index (χ0) is 19.7. The Labute approximate surface area is 162 Å². The summed E-state index contributed by atoms with van der Waals surface area (Å²) in [6.45, 7) is 0.674. The summed E-state index contributed by atoms with van der Waals surface area (Å²) >= 11 is 0. The first-order valence-corrected chi connectivity index (χ1v) is 10.1. The van der Waals surface area contributed by atoms with Crippen molar-refractivity contribution in [2.45, 2.75) is 18.0 Å². The van der Waals surface area contributed by atoms with Crippen LogP contribution in [0.5, 0.6) is 5.75 Å². The van der Waals surface area contributed by atoms with Crippen LogP contribution in [0.2, 0.25) is 0 Å². The van der Waals surface area contributed by atoms with Crippen molar-refractivity contribution in [2.24, 2.45) is 5.14 Å².